The molecule has 6 nitrogen and oxygen atoms in total. The van der Waals surface area contributed by atoms with Gasteiger partial charge in [0.2, 0.25) is 10.0 Å². The van der Waals surface area contributed by atoms with Crippen LogP contribution in [0.5, 0.6) is 0 Å². The first-order chi connectivity index (χ1) is 16.9. The Morgan fingerprint density at radius 2 is 1.58 bits per heavy atom. The van der Waals surface area contributed by atoms with Gasteiger partial charge in [-0.15, -0.1) is 0 Å². The maximum atomic E-state index is 15.8. The zero-order chi connectivity index (χ0) is 25.9. The van der Waals surface area contributed by atoms with Gasteiger partial charge in [0.15, 0.2) is 0 Å². The molecule has 0 amide bonds. The molecule has 5 rings (SSSR count). The van der Waals surface area contributed by atoms with E-state index < -0.39 is 34.2 Å². The number of para-hydroxylation sites is 1. The van der Waals surface area contributed by atoms with Crippen molar-refractivity contribution in [1.82, 2.24) is 4.31 Å². The highest BCUT2D eigenvalue weighted by Gasteiger charge is 2.53. The second kappa shape index (κ2) is 9.12. The van der Waals surface area contributed by atoms with Crippen LogP contribution in [-0.2, 0) is 19.3 Å². The van der Waals surface area contributed by atoms with Crippen LogP contribution in [0.1, 0.15) is 59.8 Å². The summed E-state index contributed by atoms with van der Waals surface area (Å²) in [5, 5.41) is 0. The van der Waals surface area contributed by atoms with Crippen molar-refractivity contribution < 1.29 is 22.1 Å². The summed E-state index contributed by atoms with van der Waals surface area (Å²) >= 11 is 0. The van der Waals surface area contributed by atoms with Crippen LogP contribution in [0.15, 0.2) is 47.4 Å². The molecule has 1 saturated heterocycles. The molecular weight excluding hydrogens is 478 g/mol. The molecule has 2 fully saturated rings. The van der Waals surface area contributed by atoms with Crippen LogP contribution >= 0.6 is 0 Å². The number of hydrogen-bond donors (Lipinski definition) is 0. The van der Waals surface area contributed by atoms with E-state index in [-0.39, 0.29) is 22.3 Å². The Kier molecular flexibility index (Phi) is 6.51. The number of likely N-dealkylation sites (N-methyl/N-ethyl adjacent to an activating group) is 1. The predicted molar refractivity (Wildman–Crippen MR) is 141 cm³/mol. The summed E-state index contributed by atoms with van der Waals surface area (Å²) in [6.45, 7) is 8.04. The Bertz CT molecular complexity index is 1220. The van der Waals surface area contributed by atoms with Crippen LogP contribution in [-0.4, -0.2) is 50.7 Å². The monoisotopic (exact) mass is 514 g/mol. The summed E-state index contributed by atoms with van der Waals surface area (Å²) < 4.78 is 57.6. The Labute approximate surface area is 215 Å². The zero-order valence-electron chi connectivity index (χ0n) is 21.8. The summed E-state index contributed by atoms with van der Waals surface area (Å²) in [7, 11) is -3.23. The summed E-state index contributed by atoms with van der Waals surface area (Å²) in [5.41, 5.74) is -0.0471. The van der Waals surface area contributed by atoms with Gasteiger partial charge < -0.3 is 14.2 Å². The van der Waals surface area contributed by atoms with Crippen LogP contribution in [0, 0.1) is 11.7 Å². The van der Waals surface area contributed by atoms with Gasteiger partial charge in [-0.25, -0.2) is 12.8 Å². The Morgan fingerprint density at radius 1 is 0.972 bits per heavy atom. The highest BCUT2D eigenvalue weighted by Crippen LogP contribution is 2.42. The molecule has 3 aliphatic rings. The highest BCUT2D eigenvalue weighted by atomic mass is 32.2. The Morgan fingerprint density at radius 3 is 2.19 bits per heavy atom. The number of benzene rings is 2. The van der Waals surface area contributed by atoms with Crippen molar-refractivity contribution in [2.75, 3.05) is 18.5 Å². The molecule has 1 aliphatic carbocycles. The molecular formula is C27H36BFN2O4S. The van der Waals surface area contributed by atoms with Crippen molar-refractivity contribution >= 4 is 34.0 Å². The van der Waals surface area contributed by atoms with Gasteiger partial charge in [-0.3, -0.25) is 0 Å². The number of fused-ring (bicyclic) bond motifs is 1. The molecule has 1 saturated carbocycles. The molecule has 1 atom stereocenters. The highest BCUT2D eigenvalue weighted by molar-refractivity contribution is 7.89. The summed E-state index contributed by atoms with van der Waals surface area (Å²) in [6.07, 6.45) is 5.39. The van der Waals surface area contributed by atoms with Gasteiger partial charge in [-0.05, 0) is 70.7 Å². The molecule has 0 radical (unpaired) electrons. The van der Waals surface area contributed by atoms with E-state index in [1.807, 2.05) is 62.9 Å². The van der Waals surface area contributed by atoms with Crippen LogP contribution in [0.25, 0.3) is 0 Å². The van der Waals surface area contributed by atoms with E-state index in [1.165, 1.54) is 22.9 Å². The van der Waals surface area contributed by atoms with Crippen LogP contribution in [0.2, 0.25) is 0 Å². The largest absolute Gasteiger partial charge is 0.497 e. The lowest BCUT2D eigenvalue weighted by molar-refractivity contribution is 0.00578. The normalized spacial score (nSPS) is 26.0. The first kappa shape index (κ1) is 25.7. The minimum Gasteiger partial charge on any atom is -0.399 e. The fourth-order valence-corrected chi connectivity index (χ4v) is 7.29. The molecule has 2 aromatic carbocycles. The molecule has 0 spiro atoms. The third kappa shape index (κ3) is 4.28. The van der Waals surface area contributed by atoms with Crippen molar-refractivity contribution in [1.29, 1.82) is 0 Å². The maximum Gasteiger partial charge on any atom is 0.497 e. The molecule has 0 bridgehead atoms. The van der Waals surface area contributed by atoms with Gasteiger partial charge in [0.25, 0.3) is 0 Å². The quantitative estimate of drug-likeness (QED) is 0.549. The van der Waals surface area contributed by atoms with Gasteiger partial charge >= 0.3 is 7.12 Å². The van der Waals surface area contributed by atoms with E-state index in [2.05, 4.69) is 0 Å². The fraction of sp³-hybridized carbons (Fsp3) is 0.556. The fourth-order valence-electron chi connectivity index (χ4n) is 5.68. The molecule has 9 heteroatoms. The van der Waals surface area contributed by atoms with E-state index >= 15 is 4.39 Å². The lowest BCUT2D eigenvalue weighted by Crippen LogP contribution is -2.46. The van der Waals surface area contributed by atoms with Gasteiger partial charge in [0.1, 0.15) is 10.7 Å². The van der Waals surface area contributed by atoms with Gasteiger partial charge in [0, 0.05) is 30.8 Å². The minimum absolute atomic E-state index is 0.0817. The molecule has 2 aliphatic heterocycles. The number of nitrogens with zero attached hydrogens (tertiary/aromatic N) is 2. The molecule has 2 aromatic rings. The minimum atomic E-state index is -3.91. The summed E-state index contributed by atoms with van der Waals surface area (Å²) in [5.74, 6) is -0.284. The van der Waals surface area contributed by atoms with E-state index in [4.69, 9.17) is 9.31 Å². The smallest absolute Gasteiger partial charge is 0.399 e. The topological polar surface area (TPSA) is 59.1 Å². The molecule has 194 valence electrons. The lowest BCUT2D eigenvalue weighted by atomic mass is 9.78. The SMILES string of the molecule is CN1[C@H](C2CCCCC2)CN(c2ccccc2)c2cc(F)c(B3OC(C)(C)C(C)(C)O3)cc2S1(=O)=O. The summed E-state index contributed by atoms with van der Waals surface area (Å²) in [4.78, 5) is 2.05. The maximum absolute atomic E-state index is 15.8. The van der Waals surface area contributed by atoms with Crippen LogP contribution < -0.4 is 10.4 Å². The first-order valence-corrected chi connectivity index (χ1v) is 14.4. The standard InChI is InChI=1S/C27H36BFN2O4S/c1-26(2)27(3,4)35-28(34-26)21-16-25-23(17-22(21)29)31(20-14-10-7-11-15-20)18-24(30(5)36(25,32)33)19-12-8-6-9-13-19/h7,10-11,14-17,19,24H,6,8-9,12-13,18H2,1-5H3/t24-/m0/s1. The van der Waals surface area contributed by atoms with E-state index in [0.717, 1.165) is 31.4 Å². The van der Waals surface area contributed by atoms with Crippen molar-refractivity contribution in [3.63, 3.8) is 0 Å². The lowest BCUT2D eigenvalue weighted by Gasteiger charge is -2.36. The summed E-state index contributed by atoms with van der Waals surface area (Å²) in [6, 6.07) is 12.2. The molecule has 2 heterocycles. The van der Waals surface area contributed by atoms with Crippen molar-refractivity contribution in [2.45, 2.75) is 81.9 Å². The van der Waals surface area contributed by atoms with E-state index in [1.54, 1.807) is 7.05 Å². The second-order valence-corrected chi connectivity index (χ2v) is 13.3. The molecule has 36 heavy (non-hydrogen) atoms. The average Bonchev–Trinajstić information content (AvgIpc) is 3.01. The van der Waals surface area contributed by atoms with Gasteiger partial charge in [0.05, 0.1) is 16.9 Å². The Hall–Kier alpha value is -1.94. The predicted octanol–water partition coefficient (Wildman–Crippen LogP) is 4.85. The third-order valence-corrected chi connectivity index (χ3v) is 10.5. The van der Waals surface area contributed by atoms with Gasteiger partial charge in [-0.1, -0.05) is 37.5 Å². The number of hydrogen-bond acceptors (Lipinski definition) is 5. The van der Waals surface area contributed by atoms with Crippen LogP contribution in [0.4, 0.5) is 15.8 Å². The third-order valence-electron chi connectivity index (χ3n) is 8.63. The molecule has 0 aromatic heterocycles. The molecule has 0 N–H and O–H groups in total. The van der Waals surface area contributed by atoms with Crippen molar-refractivity contribution in [3.05, 3.63) is 48.3 Å². The Balaban J connectivity index is 1.66. The number of rotatable bonds is 3. The number of anilines is 2. The van der Waals surface area contributed by atoms with E-state index in [0.29, 0.717) is 12.2 Å². The second-order valence-electron chi connectivity index (χ2n) is 11.4. The first-order valence-electron chi connectivity index (χ1n) is 12.9. The molecule has 0 unspecified atom stereocenters. The van der Waals surface area contributed by atoms with Gasteiger partial charge in [-0.2, -0.15) is 4.31 Å². The van der Waals surface area contributed by atoms with Crippen LogP contribution in [0.3, 0.4) is 0 Å². The van der Waals surface area contributed by atoms with E-state index in [9.17, 15) is 8.42 Å². The number of sulfonamides is 1. The average molecular weight is 514 g/mol. The van der Waals surface area contributed by atoms with Crippen molar-refractivity contribution in [2.24, 2.45) is 5.92 Å². The zero-order valence-corrected chi connectivity index (χ0v) is 22.6. The van der Waals surface area contributed by atoms with Crippen molar-refractivity contribution in [3.8, 4) is 0 Å². The number of halogens is 1.